The van der Waals surface area contributed by atoms with Crippen molar-refractivity contribution in [2.75, 3.05) is 13.1 Å². The largest absolute Gasteiger partial charge is 0.326 e. The van der Waals surface area contributed by atoms with E-state index in [1.165, 1.54) is 16.3 Å². The highest BCUT2D eigenvalue weighted by molar-refractivity contribution is 6.06. The fraction of sp³-hybridized carbons (Fsp3) is 0.176. The van der Waals surface area contributed by atoms with Crippen molar-refractivity contribution >= 4 is 38.4 Å². The quantitative estimate of drug-likeness (QED) is 0.276. The number of likely N-dealkylation sites (tertiary alicyclic amines) is 1. The van der Waals surface area contributed by atoms with E-state index in [4.69, 9.17) is 4.98 Å². The molecule has 0 radical (unpaired) electrons. The standard InChI is InChI=1S/C34H29N5O/c40-34-36-29-10-4-6-12-31(29)39(34)26-17-19-37(20-18-26)21-23-13-15-24(16-14-23)32-33-27-8-2-1-7-25(27)22-38(33)30-11-5-3-9-28(30)35-32/h1-16,22,26H,17-21H2,(H,36,40). The first-order chi connectivity index (χ1) is 19.7. The number of H-pyrrole nitrogens is 1. The number of piperidine rings is 1. The van der Waals surface area contributed by atoms with E-state index in [-0.39, 0.29) is 11.7 Å². The number of aromatic nitrogens is 4. The van der Waals surface area contributed by atoms with Gasteiger partial charge >= 0.3 is 5.69 Å². The highest BCUT2D eigenvalue weighted by atomic mass is 16.1. The molecule has 1 N–H and O–H groups in total. The molecule has 1 fully saturated rings. The fourth-order valence-electron chi connectivity index (χ4n) is 6.53. The lowest BCUT2D eigenvalue weighted by Crippen LogP contribution is -2.36. The third-order valence-electron chi connectivity index (χ3n) is 8.50. The molecule has 4 aromatic carbocycles. The Bertz CT molecular complexity index is 2070. The molecule has 1 saturated heterocycles. The zero-order chi connectivity index (χ0) is 26.6. The van der Waals surface area contributed by atoms with Gasteiger partial charge in [0.05, 0.1) is 33.3 Å². The Kier molecular flexibility index (Phi) is 5.35. The molecule has 0 bridgehead atoms. The van der Waals surface area contributed by atoms with Crippen LogP contribution in [-0.2, 0) is 6.54 Å². The van der Waals surface area contributed by atoms with Crippen molar-refractivity contribution in [1.82, 2.24) is 23.8 Å². The van der Waals surface area contributed by atoms with E-state index in [1.54, 1.807) is 0 Å². The summed E-state index contributed by atoms with van der Waals surface area (Å²) in [6.07, 6.45) is 4.17. The van der Waals surface area contributed by atoms with Crippen LogP contribution >= 0.6 is 0 Å². The maximum atomic E-state index is 12.7. The van der Waals surface area contributed by atoms with Crippen molar-refractivity contribution in [2.24, 2.45) is 0 Å². The highest BCUT2D eigenvalue weighted by Crippen LogP contribution is 2.34. The average Bonchev–Trinajstić information content (AvgIpc) is 3.55. The van der Waals surface area contributed by atoms with Gasteiger partial charge in [-0.15, -0.1) is 0 Å². The molecule has 0 spiro atoms. The van der Waals surface area contributed by atoms with Crippen LogP contribution in [0.4, 0.5) is 0 Å². The Morgan fingerprint density at radius 2 is 1.52 bits per heavy atom. The molecule has 3 aromatic heterocycles. The van der Waals surface area contributed by atoms with Crippen molar-refractivity contribution < 1.29 is 0 Å². The zero-order valence-corrected chi connectivity index (χ0v) is 22.1. The Hall–Kier alpha value is -4.68. The number of nitrogens with zero attached hydrogens (tertiary/aromatic N) is 4. The Morgan fingerprint density at radius 1 is 0.800 bits per heavy atom. The molecule has 0 unspecified atom stereocenters. The van der Waals surface area contributed by atoms with Gasteiger partial charge in [-0.25, -0.2) is 9.78 Å². The lowest BCUT2D eigenvalue weighted by molar-refractivity contribution is 0.180. The fourth-order valence-corrected chi connectivity index (χ4v) is 6.53. The summed E-state index contributed by atoms with van der Waals surface area (Å²) < 4.78 is 4.25. The number of imidazole rings is 1. The molecule has 8 rings (SSSR count). The van der Waals surface area contributed by atoms with Crippen LogP contribution in [0.2, 0.25) is 0 Å². The second-order valence-corrected chi connectivity index (χ2v) is 10.9. The second kappa shape index (κ2) is 9.21. The van der Waals surface area contributed by atoms with Gasteiger partial charge in [0.2, 0.25) is 0 Å². The van der Waals surface area contributed by atoms with E-state index in [1.807, 2.05) is 28.8 Å². The first-order valence-corrected chi connectivity index (χ1v) is 14.0. The second-order valence-electron chi connectivity index (χ2n) is 10.9. The summed E-state index contributed by atoms with van der Waals surface area (Å²) in [4.78, 5) is 23.3. The van der Waals surface area contributed by atoms with Gasteiger partial charge in [-0.3, -0.25) is 9.47 Å². The molecular formula is C34H29N5O. The number of para-hydroxylation sites is 4. The van der Waals surface area contributed by atoms with Gasteiger partial charge in [0, 0.05) is 48.2 Å². The normalized spacial score (nSPS) is 15.1. The van der Waals surface area contributed by atoms with Gasteiger partial charge in [0.25, 0.3) is 0 Å². The van der Waals surface area contributed by atoms with Crippen LogP contribution in [0.25, 0.3) is 49.6 Å². The van der Waals surface area contributed by atoms with Gasteiger partial charge in [-0.2, -0.15) is 0 Å². The van der Waals surface area contributed by atoms with Crippen LogP contribution in [0.3, 0.4) is 0 Å². The lowest BCUT2D eigenvalue weighted by Gasteiger charge is -2.32. The predicted molar refractivity (Wildman–Crippen MR) is 162 cm³/mol. The summed E-state index contributed by atoms with van der Waals surface area (Å²) in [6, 6.07) is 34.0. The number of hydrogen-bond acceptors (Lipinski definition) is 3. The van der Waals surface area contributed by atoms with Gasteiger partial charge < -0.3 is 9.38 Å². The number of nitrogens with one attached hydrogen (secondary N) is 1. The number of fused-ring (bicyclic) bond motifs is 6. The van der Waals surface area contributed by atoms with E-state index in [0.29, 0.717) is 0 Å². The number of benzene rings is 4. The zero-order valence-electron chi connectivity index (χ0n) is 22.1. The van der Waals surface area contributed by atoms with Crippen molar-refractivity contribution in [3.8, 4) is 11.3 Å². The topological polar surface area (TPSA) is 58.3 Å². The minimum Gasteiger partial charge on any atom is -0.312 e. The highest BCUT2D eigenvalue weighted by Gasteiger charge is 2.23. The maximum absolute atomic E-state index is 12.7. The minimum atomic E-state index is 0.00223. The molecule has 1 aliphatic heterocycles. The molecule has 7 aromatic rings. The maximum Gasteiger partial charge on any atom is 0.326 e. The summed E-state index contributed by atoms with van der Waals surface area (Å²) in [5.74, 6) is 0. The number of hydrogen-bond donors (Lipinski definition) is 1. The van der Waals surface area contributed by atoms with E-state index < -0.39 is 0 Å². The van der Waals surface area contributed by atoms with E-state index in [9.17, 15) is 4.79 Å². The molecule has 196 valence electrons. The number of aromatic amines is 1. The predicted octanol–water partition coefficient (Wildman–Crippen LogP) is 6.79. The molecule has 0 saturated carbocycles. The third kappa shape index (κ3) is 3.75. The smallest absolute Gasteiger partial charge is 0.312 e. The molecule has 0 atom stereocenters. The Labute approximate surface area is 231 Å². The molecule has 6 nitrogen and oxygen atoms in total. The summed E-state index contributed by atoms with van der Waals surface area (Å²) >= 11 is 0. The molecule has 4 heterocycles. The van der Waals surface area contributed by atoms with Gasteiger partial charge in [0.1, 0.15) is 0 Å². The van der Waals surface area contributed by atoms with Crippen molar-refractivity contribution in [3.05, 3.63) is 119 Å². The van der Waals surface area contributed by atoms with Crippen LogP contribution < -0.4 is 5.69 Å². The third-order valence-corrected chi connectivity index (χ3v) is 8.50. The first-order valence-electron chi connectivity index (χ1n) is 14.0. The minimum absolute atomic E-state index is 0.00223. The monoisotopic (exact) mass is 523 g/mol. The average molecular weight is 524 g/mol. The molecule has 40 heavy (non-hydrogen) atoms. The Balaban J connectivity index is 1.06. The van der Waals surface area contributed by atoms with E-state index in [2.05, 4.69) is 93.3 Å². The van der Waals surface area contributed by atoms with Crippen molar-refractivity contribution in [2.45, 2.75) is 25.4 Å². The van der Waals surface area contributed by atoms with Crippen LogP contribution in [0.1, 0.15) is 24.4 Å². The van der Waals surface area contributed by atoms with Crippen LogP contribution in [0.15, 0.2) is 108 Å². The molecule has 6 heteroatoms. The molecular weight excluding hydrogens is 494 g/mol. The summed E-state index contributed by atoms with van der Waals surface area (Å²) in [5, 5.41) is 2.44. The van der Waals surface area contributed by atoms with Crippen molar-refractivity contribution in [3.63, 3.8) is 0 Å². The van der Waals surface area contributed by atoms with Crippen molar-refractivity contribution in [1.29, 1.82) is 0 Å². The molecule has 0 amide bonds. The van der Waals surface area contributed by atoms with E-state index in [0.717, 1.165) is 71.3 Å². The van der Waals surface area contributed by atoms with Crippen LogP contribution in [0.5, 0.6) is 0 Å². The summed E-state index contributed by atoms with van der Waals surface area (Å²) in [6.45, 7) is 2.85. The summed E-state index contributed by atoms with van der Waals surface area (Å²) in [7, 11) is 0. The molecule has 1 aliphatic rings. The number of rotatable bonds is 4. The Morgan fingerprint density at radius 3 is 2.38 bits per heavy atom. The SMILES string of the molecule is O=c1[nH]c2ccccc2n1C1CCN(Cc2ccc(-c3nc4ccccc4n4cc5ccccc5c34)cc2)CC1. The van der Waals surface area contributed by atoms with Gasteiger partial charge in [0.15, 0.2) is 0 Å². The van der Waals surface area contributed by atoms with Gasteiger partial charge in [-0.05, 0) is 42.7 Å². The van der Waals surface area contributed by atoms with Gasteiger partial charge in [-0.1, -0.05) is 72.8 Å². The van der Waals surface area contributed by atoms with E-state index >= 15 is 0 Å². The summed E-state index contributed by atoms with van der Waals surface area (Å²) in [5.41, 5.74) is 8.62. The van der Waals surface area contributed by atoms with Crippen LogP contribution in [0, 0.1) is 0 Å². The van der Waals surface area contributed by atoms with Crippen LogP contribution in [-0.4, -0.2) is 36.9 Å². The molecule has 0 aliphatic carbocycles. The first kappa shape index (κ1) is 23.2. The lowest BCUT2D eigenvalue weighted by atomic mass is 10.0.